The van der Waals surface area contributed by atoms with Gasteiger partial charge in [-0.05, 0) is 18.4 Å². The summed E-state index contributed by atoms with van der Waals surface area (Å²) in [5.41, 5.74) is 0.611. The number of nitrogens with one attached hydrogen (secondary N) is 1. The van der Waals surface area contributed by atoms with Crippen LogP contribution < -0.4 is 5.32 Å². The van der Waals surface area contributed by atoms with Gasteiger partial charge in [-0.3, -0.25) is 14.9 Å². The molecule has 0 saturated heterocycles. The monoisotopic (exact) mass is 267 g/mol. The Kier molecular flexibility index (Phi) is 5.23. The van der Waals surface area contributed by atoms with Crippen molar-refractivity contribution in [3.8, 4) is 0 Å². The van der Waals surface area contributed by atoms with E-state index in [0.29, 0.717) is 17.9 Å². The molecule has 0 aromatic carbocycles. The number of hydrogen-bond acceptors (Lipinski definition) is 5. The van der Waals surface area contributed by atoms with E-state index in [9.17, 15) is 14.9 Å². The number of hydrogen-bond donors (Lipinski definition) is 2. The molecule has 1 atom stereocenters. The van der Waals surface area contributed by atoms with Gasteiger partial charge in [0.05, 0.1) is 4.92 Å². The van der Waals surface area contributed by atoms with Crippen LogP contribution in [0, 0.1) is 23.0 Å². The molecule has 7 heteroatoms. The Morgan fingerprint density at radius 3 is 2.79 bits per heavy atom. The first-order valence-corrected chi connectivity index (χ1v) is 6.00. The number of aryl methyl sites for hydroxylation is 1. The van der Waals surface area contributed by atoms with Gasteiger partial charge in [-0.1, -0.05) is 13.3 Å². The van der Waals surface area contributed by atoms with Crippen LogP contribution in [0.5, 0.6) is 0 Å². The molecule has 1 aromatic heterocycles. The van der Waals surface area contributed by atoms with Gasteiger partial charge < -0.3 is 10.4 Å². The van der Waals surface area contributed by atoms with Gasteiger partial charge in [0.2, 0.25) is 0 Å². The molecule has 0 aliphatic heterocycles. The lowest BCUT2D eigenvalue weighted by Gasteiger charge is -2.14. The molecule has 104 valence electrons. The quantitative estimate of drug-likeness (QED) is 0.579. The molecule has 1 rings (SSSR count). The summed E-state index contributed by atoms with van der Waals surface area (Å²) in [7, 11) is 0. The van der Waals surface area contributed by atoms with Crippen LogP contribution in [-0.2, 0) is 4.79 Å². The van der Waals surface area contributed by atoms with Crippen LogP contribution in [-0.4, -0.2) is 27.5 Å². The Bertz CT molecular complexity index is 476. The van der Waals surface area contributed by atoms with E-state index >= 15 is 0 Å². The fourth-order valence-corrected chi connectivity index (χ4v) is 1.69. The average Bonchev–Trinajstić information content (AvgIpc) is 2.34. The topological polar surface area (TPSA) is 105 Å². The largest absolute Gasteiger partial charge is 0.481 e. The lowest BCUT2D eigenvalue weighted by Crippen LogP contribution is -2.18. The SMILES string of the molecule is CCC(CNc1ncc([N+](=O)[O-])cc1C)CC(=O)O. The van der Waals surface area contributed by atoms with Crippen molar-refractivity contribution in [3.05, 3.63) is 27.9 Å². The zero-order valence-corrected chi connectivity index (χ0v) is 10.9. The lowest BCUT2D eigenvalue weighted by atomic mass is 10.0. The summed E-state index contributed by atoms with van der Waals surface area (Å²) >= 11 is 0. The number of aromatic nitrogens is 1. The number of anilines is 1. The number of carbonyl (C=O) groups is 1. The highest BCUT2D eigenvalue weighted by atomic mass is 16.6. The number of carboxylic acids is 1. The molecule has 0 bridgehead atoms. The van der Waals surface area contributed by atoms with E-state index in [1.807, 2.05) is 6.92 Å². The summed E-state index contributed by atoms with van der Waals surface area (Å²) in [6.07, 6.45) is 2.02. The first-order chi connectivity index (χ1) is 8.93. The molecule has 7 nitrogen and oxygen atoms in total. The van der Waals surface area contributed by atoms with Crippen molar-refractivity contribution in [2.24, 2.45) is 5.92 Å². The molecule has 0 aliphatic rings. The van der Waals surface area contributed by atoms with Crippen molar-refractivity contribution >= 4 is 17.5 Å². The van der Waals surface area contributed by atoms with E-state index in [-0.39, 0.29) is 18.0 Å². The maximum absolute atomic E-state index is 10.6. The predicted octanol–water partition coefficient (Wildman–Crippen LogP) is 2.21. The zero-order chi connectivity index (χ0) is 14.4. The van der Waals surface area contributed by atoms with Crippen LogP contribution in [0.2, 0.25) is 0 Å². The first kappa shape index (κ1) is 14.9. The summed E-state index contributed by atoms with van der Waals surface area (Å²) in [4.78, 5) is 24.7. The molecule has 0 saturated carbocycles. The van der Waals surface area contributed by atoms with Crippen molar-refractivity contribution in [1.82, 2.24) is 4.98 Å². The number of nitro groups is 1. The minimum atomic E-state index is -0.831. The van der Waals surface area contributed by atoms with Gasteiger partial charge in [-0.25, -0.2) is 4.98 Å². The van der Waals surface area contributed by atoms with Gasteiger partial charge in [0.1, 0.15) is 12.0 Å². The second-order valence-corrected chi connectivity index (χ2v) is 4.37. The van der Waals surface area contributed by atoms with E-state index in [0.717, 1.165) is 6.42 Å². The van der Waals surface area contributed by atoms with E-state index in [1.165, 1.54) is 12.3 Å². The van der Waals surface area contributed by atoms with Gasteiger partial charge in [0, 0.05) is 19.0 Å². The summed E-state index contributed by atoms with van der Waals surface area (Å²) in [6.45, 7) is 4.13. The third-order valence-corrected chi connectivity index (χ3v) is 2.87. The average molecular weight is 267 g/mol. The number of aliphatic carboxylic acids is 1. The van der Waals surface area contributed by atoms with Crippen LogP contribution >= 0.6 is 0 Å². The normalized spacial score (nSPS) is 11.9. The summed E-state index contributed by atoms with van der Waals surface area (Å²) in [6, 6.07) is 1.44. The highest BCUT2D eigenvalue weighted by Crippen LogP contribution is 2.19. The molecule has 2 N–H and O–H groups in total. The summed E-state index contributed by atoms with van der Waals surface area (Å²) < 4.78 is 0. The van der Waals surface area contributed by atoms with Crippen LogP contribution in [0.1, 0.15) is 25.3 Å². The van der Waals surface area contributed by atoms with Gasteiger partial charge in [-0.2, -0.15) is 0 Å². The van der Waals surface area contributed by atoms with E-state index in [1.54, 1.807) is 6.92 Å². The van der Waals surface area contributed by atoms with Gasteiger partial charge in [0.25, 0.3) is 5.69 Å². The molecular formula is C12H17N3O4. The van der Waals surface area contributed by atoms with Crippen molar-refractivity contribution in [2.75, 3.05) is 11.9 Å². The van der Waals surface area contributed by atoms with Crippen molar-refractivity contribution in [2.45, 2.75) is 26.7 Å². The Morgan fingerprint density at radius 2 is 2.32 bits per heavy atom. The van der Waals surface area contributed by atoms with Gasteiger partial charge in [0.15, 0.2) is 0 Å². The number of nitrogens with zero attached hydrogens (tertiary/aromatic N) is 2. The predicted molar refractivity (Wildman–Crippen MR) is 70.2 cm³/mol. The third-order valence-electron chi connectivity index (χ3n) is 2.87. The summed E-state index contributed by atoms with van der Waals surface area (Å²) in [5, 5.41) is 22.4. The minimum Gasteiger partial charge on any atom is -0.481 e. The molecule has 1 unspecified atom stereocenters. The van der Waals surface area contributed by atoms with Crippen LogP contribution in [0.15, 0.2) is 12.3 Å². The molecule has 19 heavy (non-hydrogen) atoms. The van der Waals surface area contributed by atoms with Crippen LogP contribution in [0.3, 0.4) is 0 Å². The van der Waals surface area contributed by atoms with Crippen molar-refractivity contribution in [3.63, 3.8) is 0 Å². The Balaban J connectivity index is 2.67. The standard InChI is InChI=1S/C12H17N3O4/c1-3-9(5-11(16)17)6-13-12-8(2)4-10(7-14-12)15(18)19/h4,7,9H,3,5-6H2,1-2H3,(H,13,14)(H,16,17). The number of carboxylic acid groups (broad SMARTS) is 1. The third kappa shape index (κ3) is 4.53. The number of pyridine rings is 1. The molecular weight excluding hydrogens is 250 g/mol. The number of rotatable bonds is 7. The molecule has 0 aliphatic carbocycles. The molecule has 0 radical (unpaired) electrons. The fraction of sp³-hybridized carbons (Fsp3) is 0.500. The minimum absolute atomic E-state index is 0.00823. The Morgan fingerprint density at radius 1 is 1.63 bits per heavy atom. The summed E-state index contributed by atoms with van der Waals surface area (Å²) in [5.74, 6) is -0.273. The second kappa shape index (κ2) is 6.67. The maximum Gasteiger partial charge on any atom is 0.303 e. The van der Waals surface area contributed by atoms with E-state index < -0.39 is 10.9 Å². The van der Waals surface area contributed by atoms with E-state index in [2.05, 4.69) is 10.3 Å². The fourth-order valence-electron chi connectivity index (χ4n) is 1.69. The Hall–Kier alpha value is -2.18. The maximum atomic E-state index is 10.6. The van der Waals surface area contributed by atoms with Crippen molar-refractivity contribution in [1.29, 1.82) is 0 Å². The molecule has 1 aromatic rings. The highest BCUT2D eigenvalue weighted by molar-refractivity contribution is 5.67. The van der Waals surface area contributed by atoms with E-state index in [4.69, 9.17) is 5.11 Å². The lowest BCUT2D eigenvalue weighted by molar-refractivity contribution is -0.385. The zero-order valence-electron chi connectivity index (χ0n) is 10.9. The van der Waals surface area contributed by atoms with Crippen LogP contribution in [0.25, 0.3) is 0 Å². The molecule has 0 spiro atoms. The van der Waals surface area contributed by atoms with Crippen molar-refractivity contribution < 1.29 is 14.8 Å². The smallest absolute Gasteiger partial charge is 0.303 e. The molecule has 1 heterocycles. The van der Waals surface area contributed by atoms with Gasteiger partial charge in [-0.15, -0.1) is 0 Å². The first-order valence-electron chi connectivity index (χ1n) is 6.00. The Labute approximate surface area is 110 Å². The molecule has 0 amide bonds. The second-order valence-electron chi connectivity index (χ2n) is 4.37. The molecule has 0 fully saturated rings. The van der Waals surface area contributed by atoms with Crippen LogP contribution in [0.4, 0.5) is 11.5 Å². The highest BCUT2D eigenvalue weighted by Gasteiger charge is 2.13. The van der Waals surface area contributed by atoms with Gasteiger partial charge >= 0.3 is 5.97 Å².